The van der Waals surface area contributed by atoms with Crippen LogP contribution in [0.3, 0.4) is 0 Å². The molecule has 6 heteroatoms. The molecule has 1 amide bonds. The van der Waals surface area contributed by atoms with E-state index in [9.17, 15) is 9.59 Å². The average Bonchev–Trinajstić information content (AvgIpc) is 2.57. The summed E-state index contributed by atoms with van der Waals surface area (Å²) in [5.74, 6) is 0.0298. The van der Waals surface area contributed by atoms with Gasteiger partial charge in [0.1, 0.15) is 12.1 Å². The Balaban J connectivity index is 1.84. The van der Waals surface area contributed by atoms with Crippen molar-refractivity contribution in [3.8, 4) is 0 Å². The van der Waals surface area contributed by atoms with Gasteiger partial charge in [-0.3, -0.25) is 0 Å². The molecule has 1 unspecified atom stereocenters. The molecular weight excluding hydrogens is 308 g/mol. The Morgan fingerprint density at radius 2 is 1.75 bits per heavy atom. The molecule has 1 atom stereocenters. The first-order chi connectivity index (χ1) is 11.6. The fourth-order valence-electron chi connectivity index (χ4n) is 3.72. The van der Waals surface area contributed by atoms with Crippen LogP contribution in [0, 0.1) is 5.92 Å². The van der Waals surface area contributed by atoms with Gasteiger partial charge in [-0.15, -0.1) is 0 Å². The Morgan fingerprint density at radius 3 is 2.38 bits per heavy atom. The minimum absolute atomic E-state index is 0.0192. The third-order valence-electron chi connectivity index (χ3n) is 5.15. The lowest BCUT2D eigenvalue weighted by atomic mass is 9.82. The van der Waals surface area contributed by atoms with E-state index in [1.165, 1.54) is 6.42 Å². The van der Waals surface area contributed by atoms with Gasteiger partial charge in [0.15, 0.2) is 0 Å². The highest BCUT2D eigenvalue weighted by Crippen LogP contribution is 2.27. The Morgan fingerprint density at radius 1 is 1.08 bits per heavy atom. The Bertz CT molecular complexity index is 402. The molecule has 0 aliphatic heterocycles. The van der Waals surface area contributed by atoms with Gasteiger partial charge in [0.05, 0.1) is 6.61 Å². The van der Waals surface area contributed by atoms with Crippen LogP contribution in [0.4, 0.5) is 4.79 Å². The highest BCUT2D eigenvalue weighted by Gasteiger charge is 2.29. The van der Waals surface area contributed by atoms with Crippen molar-refractivity contribution in [2.75, 3.05) is 6.61 Å². The number of carbonyl (C=O) groups excluding carboxylic acids is 2. The summed E-state index contributed by atoms with van der Waals surface area (Å²) in [5.41, 5.74) is 5.94. The molecule has 6 nitrogen and oxygen atoms in total. The molecule has 2 aliphatic carbocycles. The number of amides is 1. The summed E-state index contributed by atoms with van der Waals surface area (Å²) in [6.45, 7) is 2.08. The molecule has 0 radical (unpaired) electrons. The molecule has 0 aromatic rings. The van der Waals surface area contributed by atoms with Gasteiger partial charge in [0, 0.05) is 6.04 Å². The predicted molar refractivity (Wildman–Crippen MR) is 91.5 cm³/mol. The van der Waals surface area contributed by atoms with Crippen LogP contribution in [0.1, 0.15) is 71.1 Å². The third kappa shape index (κ3) is 6.30. The first kappa shape index (κ1) is 19.0. The van der Waals surface area contributed by atoms with E-state index in [4.69, 9.17) is 15.2 Å². The summed E-state index contributed by atoms with van der Waals surface area (Å²) in [5, 5.41) is 2.74. The average molecular weight is 340 g/mol. The molecule has 24 heavy (non-hydrogen) atoms. The van der Waals surface area contributed by atoms with Crippen molar-refractivity contribution >= 4 is 12.1 Å². The molecule has 0 spiro atoms. The van der Waals surface area contributed by atoms with E-state index in [2.05, 4.69) is 5.32 Å². The summed E-state index contributed by atoms with van der Waals surface area (Å²) in [7, 11) is 0. The first-order valence-corrected chi connectivity index (χ1v) is 9.47. The van der Waals surface area contributed by atoms with E-state index in [0.29, 0.717) is 18.9 Å². The fraction of sp³-hybridized carbons (Fsp3) is 0.889. The van der Waals surface area contributed by atoms with Crippen LogP contribution in [-0.4, -0.2) is 36.9 Å². The van der Waals surface area contributed by atoms with Crippen LogP contribution in [0.15, 0.2) is 0 Å². The zero-order valence-electron chi connectivity index (χ0n) is 14.8. The second-order valence-electron chi connectivity index (χ2n) is 7.13. The van der Waals surface area contributed by atoms with Gasteiger partial charge in [0.25, 0.3) is 0 Å². The molecule has 2 aliphatic rings. The lowest BCUT2D eigenvalue weighted by Crippen LogP contribution is -2.45. The predicted octanol–water partition coefficient (Wildman–Crippen LogP) is 2.88. The fourth-order valence-corrected chi connectivity index (χ4v) is 3.72. The van der Waals surface area contributed by atoms with Gasteiger partial charge in [-0.1, -0.05) is 6.42 Å². The largest absolute Gasteiger partial charge is 0.464 e. The van der Waals surface area contributed by atoms with Crippen LogP contribution in [-0.2, 0) is 14.3 Å². The zero-order valence-corrected chi connectivity index (χ0v) is 14.8. The Hall–Kier alpha value is -1.30. The lowest BCUT2D eigenvalue weighted by molar-refractivity contribution is -0.146. The summed E-state index contributed by atoms with van der Waals surface area (Å²) >= 11 is 0. The highest BCUT2D eigenvalue weighted by atomic mass is 16.6. The van der Waals surface area contributed by atoms with E-state index in [0.717, 1.165) is 51.4 Å². The molecule has 2 fully saturated rings. The monoisotopic (exact) mass is 340 g/mol. The van der Waals surface area contributed by atoms with Gasteiger partial charge in [-0.05, 0) is 70.6 Å². The Kier molecular flexibility index (Phi) is 7.82. The lowest BCUT2D eigenvalue weighted by Gasteiger charge is -2.29. The Labute approximate surface area is 144 Å². The minimum Gasteiger partial charge on any atom is -0.464 e. The molecule has 2 rings (SSSR count). The van der Waals surface area contributed by atoms with E-state index < -0.39 is 12.1 Å². The number of carbonyl (C=O) groups is 2. The maximum atomic E-state index is 12.2. The van der Waals surface area contributed by atoms with Crippen LogP contribution in [0.2, 0.25) is 0 Å². The maximum Gasteiger partial charge on any atom is 0.408 e. The van der Waals surface area contributed by atoms with Gasteiger partial charge in [-0.25, -0.2) is 9.59 Å². The summed E-state index contributed by atoms with van der Waals surface area (Å²) in [6, 6.07) is -0.355. The van der Waals surface area contributed by atoms with Crippen molar-refractivity contribution in [1.82, 2.24) is 5.32 Å². The van der Waals surface area contributed by atoms with Gasteiger partial charge in [0.2, 0.25) is 0 Å². The van der Waals surface area contributed by atoms with Crippen molar-refractivity contribution in [2.45, 2.75) is 89.3 Å². The number of alkyl carbamates (subject to hydrolysis) is 1. The number of ether oxygens (including phenoxy) is 2. The second-order valence-corrected chi connectivity index (χ2v) is 7.13. The molecule has 0 aromatic heterocycles. The number of esters is 1. The van der Waals surface area contributed by atoms with Crippen molar-refractivity contribution < 1.29 is 19.1 Å². The van der Waals surface area contributed by atoms with Crippen molar-refractivity contribution in [3.05, 3.63) is 0 Å². The topological polar surface area (TPSA) is 90.6 Å². The number of nitrogens with two attached hydrogens (primary N) is 1. The van der Waals surface area contributed by atoms with Crippen molar-refractivity contribution in [3.63, 3.8) is 0 Å². The zero-order chi connectivity index (χ0) is 17.4. The van der Waals surface area contributed by atoms with Crippen LogP contribution >= 0.6 is 0 Å². The summed E-state index contributed by atoms with van der Waals surface area (Å²) in [4.78, 5) is 24.4. The highest BCUT2D eigenvalue weighted by molar-refractivity contribution is 5.81. The number of hydrogen-bond acceptors (Lipinski definition) is 5. The van der Waals surface area contributed by atoms with Gasteiger partial charge < -0.3 is 20.5 Å². The minimum atomic E-state index is -0.625. The second kappa shape index (κ2) is 9.87. The number of hydrogen-bond donors (Lipinski definition) is 2. The van der Waals surface area contributed by atoms with Crippen molar-refractivity contribution in [2.24, 2.45) is 11.7 Å². The number of rotatable bonds is 6. The van der Waals surface area contributed by atoms with Crippen LogP contribution in [0.25, 0.3) is 0 Å². The van der Waals surface area contributed by atoms with Gasteiger partial charge in [-0.2, -0.15) is 0 Å². The van der Waals surface area contributed by atoms with E-state index >= 15 is 0 Å². The van der Waals surface area contributed by atoms with Crippen LogP contribution < -0.4 is 11.1 Å². The SMILES string of the molecule is CCOC(=O)C(CC1CCC(N)CC1)NC(=O)OC1CCCCC1. The first-order valence-electron chi connectivity index (χ1n) is 9.47. The molecule has 0 aromatic carbocycles. The summed E-state index contributed by atoms with van der Waals surface area (Å²) < 4.78 is 10.6. The third-order valence-corrected chi connectivity index (χ3v) is 5.15. The van der Waals surface area contributed by atoms with Crippen molar-refractivity contribution in [1.29, 1.82) is 0 Å². The normalized spacial score (nSPS) is 26.4. The molecule has 138 valence electrons. The van der Waals surface area contributed by atoms with Crippen LogP contribution in [0.5, 0.6) is 0 Å². The van der Waals surface area contributed by atoms with Gasteiger partial charge >= 0.3 is 12.1 Å². The smallest absolute Gasteiger partial charge is 0.408 e. The molecule has 0 heterocycles. The standard InChI is InChI=1S/C18H32N2O4/c1-2-23-17(21)16(12-13-8-10-14(19)11-9-13)20-18(22)24-15-6-4-3-5-7-15/h13-16H,2-12,19H2,1H3,(H,20,22). The molecule has 0 bridgehead atoms. The molecular formula is C18H32N2O4. The van der Waals surface area contributed by atoms with E-state index in [1.807, 2.05) is 0 Å². The number of nitrogens with one attached hydrogen (secondary N) is 1. The van der Waals surface area contributed by atoms with E-state index in [1.54, 1.807) is 6.92 Å². The maximum absolute atomic E-state index is 12.2. The summed E-state index contributed by atoms with van der Waals surface area (Å²) in [6.07, 6.45) is 9.27. The molecule has 0 saturated heterocycles. The molecule has 2 saturated carbocycles. The molecule has 3 N–H and O–H groups in total. The van der Waals surface area contributed by atoms with E-state index in [-0.39, 0.29) is 18.1 Å². The quantitative estimate of drug-likeness (QED) is 0.726.